The van der Waals surface area contributed by atoms with E-state index in [9.17, 15) is 9.90 Å². The molecule has 0 heterocycles. The zero-order valence-corrected chi connectivity index (χ0v) is 14.9. The maximum absolute atomic E-state index is 12.0. The molecule has 0 saturated heterocycles. The van der Waals surface area contributed by atoms with E-state index in [1.54, 1.807) is 6.07 Å². The van der Waals surface area contributed by atoms with Crippen molar-refractivity contribution in [3.8, 4) is 5.75 Å². The number of carbonyl (C=O) groups is 1. The van der Waals surface area contributed by atoms with Gasteiger partial charge in [0.2, 0.25) is 5.60 Å². The highest BCUT2D eigenvalue weighted by Crippen LogP contribution is 2.37. The van der Waals surface area contributed by atoms with Crippen LogP contribution < -0.4 is 4.74 Å². The molecule has 4 nitrogen and oxygen atoms in total. The Hall–Kier alpha value is -1.33. The van der Waals surface area contributed by atoms with E-state index < -0.39 is 26.0 Å². The zero-order chi connectivity index (χ0) is 16.3. The van der Waals surface area contributed by atoms with Gasteiger partial charge in [-0.1, -0.05) is 39.0 Å². The number of ether oxygens (including phenoxy) is 1. The summed E-state index contributed by atoms with van der Waals surface area (Å²) in [5.74, 6) is -0.406. The zero-order valence-electron chi connectivity index (χ0n) is 13.8. The molecule has 1 unspecified atom stereocenters. The second-order valence-electron chi connectivity index (χ2n) is 6.61. The highest BCUT2D eigenvalue weighted by Gasteiger charge is 2.52. The molecule has 1 aromatic carbocycles. The highest BCUT2D eigenvalue weighted by molar-refractivity contribution is 6.48. The average molecular weight is 310 g/mol. The van der Waals surface area contributed by atoms with E-state index in [-0.39, 0.29) is 6.61 Å². The quantitative estimate of drug-likeness (QED) is 0.820. The van der Waals surface area contributed by atoms with Gasteiger partial charge >= 0.3 is 5.97 Å². The Labute approximate surface area is 128 Å². The first-order chi connectivity index (χ1) is 9.60. The third-order valence-corrected chi connectivity index (χ3v) is 4.39. The molecule has 0 aromatic heterocycles. The number of para-hydroxylation sites is 1. The first-order valence-corrected chi connectivity index (χ1v) is 9.98. The second-order valence-corrected chi connectivity index (χ2v) is 9.04. The Morgan fingerprint density at radius 2 is 1.81 bits per heavy atom. The molecule has 0 aliphatic carbocycles. The molecule has 0 radical (unpaired) electrons. The largest absolute Gasteiger partial charge is 0.478 e. The Bertz CT molecular complexity index is 493. The third-order valence-electron chi connectivity index (χ3n) is 3.55. The number of aliphatic carboxylic acids is 1. The van der Waals surface area contributed by atoms with E-state index in [4.69, 9.17) is 9.16 Å². The molecule has 0 aliphatic heterocycles. The summed E-state index contributed by atoms with van der Waals surface area (Å²) in [6.07, 6.45) is 0. The summed E-state index contributed by atoms with van der Waals surface area (Å²) in [6.45, 7) is 11.6. The first-order valence-electron chi connectivity index (χ1n) is 7.20. The van der Waals surface area contributed by atoms with Crippen molar-refractivity contribution in [2.75, 3.05) is 6.61 Å². The minimum atomic E-state index is -1.41. The molecular formula is C16H26O4Si. The van der Waals surface area contributed by atoms with E-state index in [2.05, 4.69) is 0 Å². The molecule has 1 rings (SSSR count). The molecular weight excluding hydrogens is 284 g/mol. The summed E-state index contributed by atoms with van der Waals surface area (Å²) >= 11 is 0. The summed E-state index contributed by atoms with van der Waals surface area (Å²) in [5.41, 5.74) is -1.10. The lowest BCUT2D eigenvalue weighted by molar-refractivity contribution is -0.171. The predicted molar refractivity (Wildman–Crippen MR) is 86.5 cm³/mol. The topological polar surface area (TPSA) is 55.8 Å². The molecule has 1 atom stereocenters. The van der Waals surface area contributed by atoms with Crippen LogP contribution in [0.4, 0.5) is 0 Å². The number of benzene rings is 1. The lowest BCUT2D eigenvalue weighted by Crippen LogP contribution is -2.58. The van der Waals surface area contributed by atoms with Crippen molar-refractivity contribution < 1.29 is 19.1 Å². The molecule has 5 heteroatoms. The molecule has 0 fully saturated rings. The summed E-state index contributed by atoms with van der Waals surface area (Å²) in [7, 11) is -1.35. The monoisotopic (exact) mass is 310 g/mol. The van der Waals surface area contributed by atoms with Gasteiger partial charge in [0.05, 0.1) is 6.61 Å². The summed E-state index contributed by atoms with van der Waals surface area (Å²) in [5, 5.41) is 9.83. The average Bonchev–Trinajstić information content (AvgIpc) is 2.34. The standard InChI is InChI=1S/C16H26O4Si/c1-12-9-7-8-10-13(12)20-16(14(17)18,15(2,3)4)11-19-21(5)6/h7-10,21H,11H2,1-6H3,(H,17,18). The first kappa shape index (κ1) is 17.7. The second kappa shape index (κ2) is 6.62. The van der Waals surface area contributed by atoms with E-state index >= 15 is 0 Å². The smallest absolute Gasteiger partial charge is 0.351 e. The van der Waals surface area contributed by atoms with E-state index in [1.807, 2.05) is 59.0 Å². The predicted octanol–water partition coefficient (Wildman–Crippen LogP) is 3.24. The van der Waals surface area contributed by atoms with Crippen molar-refractivity contribution in [3.63, 3.8) is 0 Å². The van der Waals surface area contributed by atoms with Gasteiger partial charge in [0, 0.05) is 5.41 Å². The fourth-order valence-electron chi connectivity index (χ4n) is 1.97. The summed E-state index contributed by atoms with van der Waals surface area (Å²) < 4.78 is 11.7. The van der Waals surface area contributed by atoms with E-state index in [0.29, 0.717) is 5.75 Å². The van der Waals surface area contributed by atoms with Crippen molar-refractivity contribution in [1.82, 2.24) is 0 Å². The fourth-order valence-corrected chi connectivity index (χ4v) is 2.54. The van der Waals surface area contributed by atoms with Crippen molar-refractivity contribution >= 4 is 15.0 Å². The molecule has 0 spiro atoms. The van der Waals surface area contributed by atoms with Crippen LogP contribution in [0.5, 0.6) is 5.75 Å². The normalized spacial score (nSPS) is 14.8. The highest BCUT2D eigenvalue weighted by atomic mass is 28.3. The van der Waals surface area contributed by atoms with Crippen molar-refractivity contribution in [3.05, 3.63) is 29.8 Å². The number of aryl methyl sites for hydroxylation is 1. The molecule has 0 saturated carbocycles. The molecule has 0 aliphatic rings. The van der Waals surface area contributed by atoms with Crippen LogP contribution in [0, 0.1) is 12.3 Å². The summed E-state index contributed by atoms with van der Waals surface area (Å²) in [4.78, 5) is 12.0. The van der Waals surface area contributed by atoms with Crippen LogP contribution in [0.2, 0.25) is 13.1 Å². The van der Waals surface area contributed by atoms with Gasteiger partial charge in [-0.25, -0.2) is 4.79 Å². The van der Waals surface area contributed by atoms with Crippen LogP contribution in [0.1, 0.15) is 26.3 Å². The minimum Gasteiger partial charge on any atom is -0.478 e. The van der Waals surface area contributed by atoms with Gasteiger partial charge in [0.15, 0.2) is 9.04 Å². The van der Waals surface area contributed by atoms with Crippen molar-refractivity contribution in [1.29, 1.82) is 0 Å². The number of carboxylic acids is 1. The molecule has 1 N–H and O–H groups in total. The van der Waals surface area contributed by atoms with Gasteiger partial charge in [0.25, 0.3) is 0 Å². The number of hydrogen-bond acceptors (Lipinski definition) is 3. The van der Waals surface area contributed by atoms with Gasteiger partial charge in [-0.2, -0.15) is 0 Å². The molecule has 0 amide bonds. The SMILES string of the molecule is Cc1ccccc1OC(CO[SiH](C)C)(C(=O)O)C(C)(C)C. The van der Waals surface area contributed by atoms with Crippen LogP contribution in [0.25, 0.3) is 0 Å². The van der Waals surface area contributed by atoms with Crippen LogP contribution >= 0.6 is 0 Å². The lowest BCUT2D eigenvalue weighted by Gasteiger charge is -2.41. The molecule has 1 aromatic rings. The number of carboxylic acid groups (broad SMARTS) is 1. The third kappa shape index (κ3) is 4.08. The van der Waals surface area contributed by atoms with Gasteiger partial charge < -0.3 is 14.3 Å². The lowest BCUT2D eigenvalue weighted by atomic mass is 9.76. The number of rotatable bonds is 6. The fraction of sp³-hybridized carbons (Fsp3) is 0.562. The van der Waals surface area contributed by atoms with E-state index in [0.717, 1.165) is 5.56 Å². The van der Waals surface area contributed by atoms with Crippen LogP contribution in [0.3, 0.4) is 0 Å². The Morgan fingerprint density at radius 1 is 1.24 bits per heavy atom. The van der Waals surface area contributed by atoms with E-state index in [1.165, 1.54) is 0 Å². The Morgan fingerprint density at radius 3 is 2.24 bits per heavy atom. The molecule has 118 valence electrons. The molecule has 21 heavy (non-hydrogen) atoms. The van der Waals surface area contributed by atoms with Crippen LogP contribution in [-0.2, 0) is 9.22 Å². The van der Waals surface area contributed by atoms with Crippen molar-refractivity contribution in [2.24, 2.45) is 5.41 Å². The maximum Gasteiger partial charge on any atom is 0.351 e. The van der Waals surface area contributed by atoms with Crippen LogP contribution in [-0.4, -0.2) is 32.3 Å². The summed E-state index contributed by atoms with van der Waals surface area (Å²) in [6, 6.07) is 7.45. The Balaban J connectivity index is 3.23. The maximum atomic E-state index is 12.0. The van der Waals surface area contributed by atoms with Crippen molar-refractivity contribution in [2.45, 2.75) is 46.4 Å². The Kier molecular flexibility index (Phi) is 5.59. The number of hydrogen-bond donors (Lipinski definition) is 1. The van der Waals surface area contributed by atoms with Gasteiger partial charge in [0.1, 0.15) is 5.75 Å². The minimum absolute atomic E-state index is 0.0596. The van der Waals surface area contributed by atoms with Gasteiger partial charge in [-0.15, -0.1) is 0 Å². The van der Waals surface area contributed by atoms with Gasteiger partial charge in [-0.05, 0) is 31.6 Å². The van der Waals surface area contributed by atoms with Gasteiger partial charge in [-0.3, -0.25) is 0 Å². The van der Waals surface area contributed by atoms with Crippen LogP contribution in [0.15, 0.2) is 24.3 Å². The molecule has 0 bridgehead atoms.